The molecule has 3 N–H and O–H groups in total. The largest absolute Gasteiger partial charge is 0.452 e. The van der Waals surface area contributed by atoms with Gasteiger partial charge in [-0.1, -0.05) is 27.5 Å². The summed E-state index contributed by atoms with van der Waals surface area (Å²) in [7, 11) is 0. The molecular formula is C16H11BrClN3O3. The van der Waals surface area contributed by atoms with Gasteiger partial charge in [0.25, 0.3) is 5.91 Å². The molecule has 0 saturated carbocycles. The number of rotatable bonds is 4. The van der Waals surface area contributed by atoms with E-state index < -0.39 is 18.5 Å². The highest BCUT2D eigenvalue weighted by Gasteiger charge is 2.15. The van der Waals surface area contributed by atoms with Crippen LogP contribution in [0.4, 0.5) is 11.4 Å². The molecule has 0 aliphatic heterocycles. The molecule has 122 valence electrons. The molecule has 8 heteroatoms. The molecule has 1 amide bonds. The zero-order valence-corrected chi connectivity index (χ0v) is 14.5. The fourth-order valence-electron chi connectivity index (χ4n) is 1.82. The Hall–Kier alpha value is -2.56. The molecule has 2 rings (SSSR count). The minimum Gasteiger partial charge on any atom is -0.452 e. The van der Waals surface area contributed by atoms with Crippen LogP contribution < -0.4 is 11.1 Å². The van der Waals surface area contributed by atoms with Gasteiger partial charge in [0.1, 0.15) is 6.07 Å². The van der Waals surface area contributed by atoms with Crippen LogP contribution in [-0.2, 0) is 9.53 Å². The Morgan fingerprint density at radius 3 is 2.75 bits per heavy atom. The van der Waals surface area contributed by atoms with Gasteiger partial charge in [0.15, 0.2) is 6.61 Å². The first-order chi connectivity index (χ1) is 11.4. The number of amides is 1. The number of nitrogens with zero attached hydrogens (tertiary/aromatic N) is 1. The highest BCUT2D eigenvalue weighted by atomic mass is 79.9. The maximum atomic E-state index is 12.0. The van der Waals surface area contributed by atoms with Crippen LogP contribution in [-0.4, -0.2) is 18.5 Å². The van der Waals surface area contributed by atoms with Gasteiger partial charge in [-0.05, 0) is 36.4 Å². The highest BCUT2D eigenvalue weighted by molar-refractivity contribution is 9.10. The average Bonchev–Trinajstić information content (AvgIpc) is 2.55. The summed E-state index contributed by atoms with van der Waals surface area (Å²) in [5, 5.41) is 11.8. The number of carbonyl (C=O) groups excluding carboxylic acids is 2. The molecule has 0 aliphatic rings. The number of nitriles is 1. The third-order valence-corrected chi connectivity index (χ3v) is 3.67. The Balaban J connectivity index is 2.01. The third kappa shape index (κ3) is 4.47. The average molecular weight is 409 g/mol. The van der Waals surface area contributed by atoms with Crippen LogP contribution in [0.25, 0.3) is 0 Å². The Kier molecular flexibility index (Phi) is 5.79. The molecule has 0 heterocycles. The summed E-state index contributed by atoms with van der Waals surface area (Å²) in [6, 6.07) is 11.1. The molecule has 24 heavy (non-hydrogen) atoms. The highest BCUT2D eigenvalue weighted by Crippen LogP contribution is 2.21. The van der Waals surface area contributed by atoms with Crippen LogP contribution in [0.2, 0.25) is 5.02 Å². The van der Waals surface area contributed by atoms with Crippen molar-refractivity contribution in [1.29, 1.82) is 5.26 Å². The lowest BCUT2D eigenvalue weighted by atomic mass is 10.2. The van der Waals surface area contributed by atoms with Crippen LogP contribution in [0.3, 0.4) is 0 Å². The van der Waals surface area contributed by atoms with Gasteiger partial charge in [-0.15, -0.1) is 0 Å². The van der Waals surface area contributed by atoms with Crippen molar-refractivity contribution in [3.63, 3.8) is 0 Å². The minimum absolute atomic E-state index is 0.151. The first-order valence-corrected chi connectivity index (χ1v) is 7.79. The number of carbonyl (C=O) groups is 2. The van der Waals surface area contributed by atoms with E-state index in [1.165, 1.54) is 24.3 Å². The number of esters is 1. The van der Waals surface area contributed by atoms with Crippen molar-refractivity contribution < 1.29 is 14.3 Å². The smallest absolute Gasteiger partial charge is 0.340 e. The summed E-state index contributed by atoms with van der Waals surface area (Å²) in [4.78, 5) is 23.9. The molecule has 0 radical (unpaired) electrons. The van der Waals surface area contributed by atoms with Gasteiger partial charge in [0.2, 0.25) is 0 Å². The van der Waals surface area contributed by atoms with Crippen LogP contribution >= 0.6 is 27.5 Å². The maximum Gasteiger partial charge on any atom is 0.340 e. The summed E-state index contributed by atoms with van der Waals surface area (Å²) in [6.07, 6.45) is 0. The Bertz CT molecular complexity index is 849. The van der Waals surface area contributed by atoms with Crippen molar-refractivity contribution in [3.05, 3.63) is 57.0 Å². The summed E-state index contributed by atoms with van der Waals surface area (Å²) in [5.74, 6) is -1.33. The van der Waals surface area contributed by atoms with Crippen LogP contribution in [0.5, 0.6) is 0 Å². The molecule has 0 spiro atoms. The van der Waals surface area contributed by atoms with Gasteiger partial charge in [-0.25, -0.2) is 4.79 Å². The van der Waals surface area contributed by atoms with E-state index in [1.54, 1.807) is 12.1 Å². The third-order valence-electron chi connectivity index (χ3n) is 2.95. The zero-order valence-electron chi connectivity index (χ0n) is 12.2. The van der Waals surface area contributed by atoms with Gasteiger partial charge in [0, 0.05) is 15.2 Å². The summed E-state index contributed by atoms with van der Waals surface area (Å²) >= 11 is 9.06. The second kappa shape index (κ2) is 7.81. The molecule has 0 aromatic heterocycles. The molecule has 0 fully saturated rings. The summed E-state index contributed by atoms with van der Waals surface area (Å²) in [5.41, 5.74) is 6.58. The molecule has 2 aromatic rings. The normalized spacial score (nSPS) is 9.88. The number of hydrogen-bond acceptors (Lipinski definition) is 5. The van der Waals surface area contributed by atoms with Gasteiger partial charge >= 0.3 is 5.97 Å². The number of benzene rings is 2. The number of nitrogens with two attached hydrogens (primary N) is 1. The molecule has 2 aromatic carbocycles. The molecule has 0 atom stereocenters. The van der Waals surface area contributed by atoms with E-state index in [0.717, 1.165) is 0 Å². The first kappa shape index (κ1) is 17.8. The number of nitrogen functional groups attached to an aromatic ring is 1. The van der Waals surface area contributed by atoms with Crippen molar-refractivity contribution in [2.24, 2.45) is 0 Å². The number of ether oxygens (including phenoxy) is 1. The van der Waals surface area contributed by atoms with Gasteiger partial charge < -0.3 is 15.8 Å². The second-order valence-corrected chi connectivity index (χ2v) is 6.01. The van der Waals surface area contributed by atoms with Gasteiger partial charge in [0.05, 0.1) is 16.8 Å². The second-order valence-electron chi connectivity index (χ2n) is 4.66. The fraction of sp³-hybridized carbons (Fsp3) is 0.0625. The van der Waals surface area contributed by atoms with E-state index in [-0.39, 0.29) is 22.5 Å². The van der Waals surface area contributed by atoms with Gasteiger partial charge in [-0.3, -0.25) is 4.79 Å². The van der Waals surface area contributed by atoms with Crippen molar-refractivity contribution in [3.8, 4) is 6.07 Å². The quantitative estimate of drug-likeness (QED) is 0.596. The summed E-state index contributed by atoms with van der Waals surface area (Å²) in [6.45, 7) is -0.526. The Morgan fingerprint density at radius 2 is 2.04 bits per heavy atom. The lowest BCUT2D eigenvalue weighted by Crippen LogP contribution is -2.21. The van der Waals surface area contributed by atoms with Crippen molar-refractivity contribution in [1.82, 2.24) is 0 Å². The lowest BCUT2D eigenvalue weighted by Gasteiger charge is -2.09. The van der Waals surface area contributed by atoms with E-state index in [0.29, 0.717) is 9.50 Å². The number of anilines is 2. The number of hydrogen-bond donors (Lipinski definition) is 2. The predicted molar refractivity (Wildman–Crippen MR) is 93.6 cm³/mol. The lowest BCUT2D eigenvalue weighted by molar-refractivity contribution is -0.119. The van der Waals surface area contributed by atoms with Crippen molar-refractivity contribution in [2.75, 3.05) is 17.7 Å². The first-order valence-electron chi connectivity index (χ1n) is 6.62. The maximum absolute atomic E-state index is 12.0. The van der Waals surface area contributed by atoms with Crippen molar-refractivity contribution in [2.45, 2.75) is 0 Å². The van der Waals surface area contributed by atoms with E-state index in [2.05, 4.69) is 21.2 Å². The van der Waals surface area contributed by atoms with Crippen molar-refractivity contribution >= 4 is 50.8 Å². The molecule has 0 saturated heterocycles. The summed E-state index contributed by atoms with van der Waals surface area (Å²) < 4.78 is 5.59. The molecular weight excluding hydrogens is 398 g/mol. The number of nitrogens with one attached hydrogen (secondary N) is 1. The predicted octanol–water partition coefficient (Wildman–Crippen LogP) is 3.35. The number of halogens is 2. The molecule has 0 aliphatic carbocycles. The van der Waals surface area contributed by atoms with E-state index in [4.69, 9.17) is 27.3 Å². The van der Waals surface area contributed by atoms with Crippen LogP contribution in [0, 0.1) is 11.3 Å². The van der Waals surface area contributed by atoms with Gasteiger partial charge in [-0.2, -0.15) is 5.26 Å². The molecule has 6 nitrogen and oxygen atoms in total. The van der Waals surface area contributed by atoms with E-state index >= 15 is 0 Å². The zero-order chi connectivity index (χ0) is 17.7. The minimum atomic E-state index is -0.726. The Morgan fingerprint density at radius 1 is 1.29 bits per heavy atom. The van der Waals surface area contributed by atoms with E-state index in [9.17, 15) is 9.59 Å². The Labute approximate surface area is 151 Å². The molecule has 0 unspecified atom stereocenters. The molecule has 0 bridgehead atoms. The topological polar surface area (TPSA) is 105 Å². The fourth-order valence-corrected chi connectivity index (χ4v) is 2.35. The van der Waals surface area contributed by atoms with Crippen LogP contribution in [0.1, 0.15) is 15.9 Å². The standard InChI is InChI=1S/C16H11BrClN3O3/c17-10-2-4-13(20)12(5-10)16(23)24-8-15(22)21-14-6-11(18)3-1-9(14)7-19/h1-6H,8,20H2,(H,21,22). The van der Waals surface area contributed by atoms with E-state index in [1.807, 2.05) is 6.07 Å². The monoisotopic (exact) mass is 407 g/mol. The SMILES string of the molecule is N#Cc1ccc(Cl)cc1NC(=O)COC(=O)c1cc(Br)ccc1N. The van der Waals surface area contributed by atoms with Crippen LogP contribution in [0.15, 0.2) is 40.9 Å².